The number of nitrogens with one attached hydrogen (secondary N) is 2. The van der Waals surface area contributed by atoms with Crippen molar-refractivity contribution in [2.24, 2.45) is 0 Å². The molecule has 4 rings (SSSR count). The third-order valence-electron chi connectivity index (χ3n) is 6.40. The molecule has 0 saturated carbocycles. The number of rotatable bonds is 6. The van der Waals surface area contributed by atoms with Crippen molar-refractivity contribution in [3.05, 3.63) is 65.7 Å². The van der Waals surface area contributed by atoms with Gasteiger partial charge in [-0.05, 0) is 31.5 Å². The lowest BCUT2D eigenvalue weighted by molar-refractivity contribution is -0.136. The van der Waals surface area contributed by atoms with Crippen molar-refractivity contribution < 1.29 is 19.2 Å². The lowest BCUT2D eigenvalue weighted by Gasteiger charge is -2.36. The number of urea groups is 1. The Morgan fingerprint density at radius 2 is 1.62 bits per heavy atom. The quantitative estimate of drug-likeness (QED) is 0.628. The summed E-state index contributed by atoms with van der Waals surface area (Å²) in [5.41, 5.74) is 1.56. The van der Waals surface area contributed by atoms with Crippen molar-refractivity contribution in [1.29, 1.82) is 0 Å². The number of imide groups is 1. The summed E-state index contributed by atoms with van der Waals surface area (Å²) in [7, 11) is 0. The molecule has 9 heteroatoms. The van der Waals surface area contributed by atoms with Crippen LogP contribution in [-0.2, 0) is 19.9 Å². The summed E-state index contributed by atoms with van der Waals surface area (Å²) in [5.74, 6) is -1.25. The molecule has 0 spiro atoms. The van der Waals surface area contributed by atoms with E-state index in [4.69, 9.17) is 0 Å². The maximum absolute atomic E-state index is 13.0. The Bertz CT molecular complexity index is 1080. The SMILES string of the molecule is Cc1ccc(C2(C)NC(=O)N(CC(=O)NCC(=O)N3CCN(c4ccccc4)CC3)C2=O)cc1. The van der Waals surface area contributed by atoms with Crippen LogP contribution in [0.4, 0.5) is 10.5 Å². The van der Waals surface area contributed by atoms with E-state index in [2.05, 4.69) is 15.5 Å². The Labute approximate surface area is 198 Å². The van der Waals surface area contributed by atoms with Gasteiger partial charge in [0, 0.05) is 31.9 Å². The van der Waals surface area contributed by atoms with Crippen molar-refractivity contribution in [3.63, 3.8) is 0 Å². The maximum Gasteiger partial charge on any atom is 0.325 e. The van der Waals surface area contributed by atoms with Crippen molar-refractivity contribution in [2.45, 2.75) is 19.4 Å². The fourth-order valence-corrected chi connectivity index (χ4v) is 4.26. The van der Waals surface area contributed by atoms with E-state index in [0.29, 0.717) is 31.7 Å². The first kappa shape index (κ1) is 23.3. The molecule has 2 aliphatic heterocycles. The third-order valence-corrected chi connectivity index (χ3v) is 6.40. The molecule has 2 aromatic rings. The van der Waals surface area contributed by atoms with Crippen molar-refractivity contribution in [2.75, 3.05) is 44.2 Å². The van der Waals surface area contributed by atoms with Gasteiger partial charge in [0.1, 0.15) is 12.1 Å². The van der Waals surface area contributed by atoms with Gasteiger partial charge in [0.05, 0.1) is 6.54 Å². The maximum atomic E-state index is 13.0. The van der Waals surface area contributed by atoms with Gasteiger partial charge in [-0.2, -0.15) is 0 Å². The van der Waals surface area contributed by atoms with E-state index in [1.54, 1.807) is 24.0 Å². The predicted octanol–water partition coefficient (Wildman–Crippen LogP) is 1.23. The van der Waals surface area contributed by atoms with Crippen LogP contribution in [-0.4, -0.2) is 72.8 Å². The number of carbonyl (C=O) groups excluding carboxylic acids is 4. The second-order valence-electron chi connectivity index (χ2n) is 8.79. The van der Waals surface area contributed by atoms with Crippen LogP contribution < -0.4 is 15.5 Å². The Hall–Kier alpha value is -3.88. The molecule has 5 amide bonds. The minimum absolute atomic E-state index is 0.178. The fraction of sp³-hybridized carbons (Fsp3) is 0.360. The number of piperazine rings is 1. The Balaban J connectivity index is 1.27. The molecule has 9 nitrogen and oxygen atoms in total. The van der Waals surface area contributed by atoms with E-state index in [-0.39, 0.29) is 12.5 Å². The lowest BCUT2D eigenvalue weighted by Crippen LogP contribution is -2.52. The molecular formula is C25H29N5O4. The minimum atomic E-state index is -1.24. The molecule has 0 bridgehead atoms. The van der Waals surface area contributed by atoms with Crippen LogP contribution in [0.2, 0.25) is 0 Å². The molecule has 2 fully saturated rings. The standard InChI is InChI=1S/C25H29N5O4/c1-18-8-10-19(11-9-18)25(2)23(33)30(24(34)27-25)17-21(31)26-16-22(32)29-14-12-28(13-15-29)20-6-4-3-5-7-20/h3-11H,12-17H2,1-2H3,(H,26,31)(H,27,34). The van der Waals surface area contributed by atoms with Crippen LogP contribution in [0.25, 0.3) is 0 Å². The highest BCUT2D eigenvalue weighted by atomic mass is 16.2. The van der Waals surface area contributed by atoms with E-state index < -0.39 is 29.9 Å². The predicted molar refractivity (Wildman–Crippen MR) is 127 cm³/mol. The van der Waals surface area contributed by atoms with Crippen LogP contribution in [0.5, 0.6) is 0 Å². The van der Waals surface area contributed by atoms with E-state index in [9.17, 15) is 19.2 Å². The third kappa shape index (κ3) is 4.73. The zero-order valence-electron chi connectivity index (χ0n) is 19.4. The van der Waals surface area contributed by atoms with Crippen LogP contribution >= 0.6 is 0 Å². The van der Waals surface area contributed by atoms with Gasteiger partial charge in [-0.1, -0.05) is 48.0 Å². The summed E-state index contributed by atoms with van der Waals surface area (Å²) in [5, 5.41) is 5.23. The van der Waals surface area contributed by atoms with Gasteiger partial charge in [0.2, 0.25) is 11.8 Å². The Morgan fingerprint density at radius 1 is 0.971 bits per heavy atom. The van der Waals surface area contributed by atoms with E-state index in [0.717, 1.165) is 16.2 Å². The second-order valence-corrected chi connectivity index (χ2v) is 8.79. The Morgan fingerprint density at radius 3 is 2.26 bits per heavy atom. The zero-order valence-corrected chi connectivity index (χ0v) is 19.4. The van der Waals surface area contributed by atoms with E-state index >= 15 is 0 Å². The molecule has 2 N–H and O–H groups in total. The lowest BCUT2D eigenvalue weighted by atomic mass is 9.91. The van der Waals surface area contributed by atoms with E-state index in [1.165, 1.54) is 0 Å². The van der Waals surface area contributed by atoms with E-state index in [1.807, 2.05) is 49.4 Å². The molecule has 1 atom stereocenters. The summed E-state index contributed by atoms with van der Waals surface area (Å²) in [6.07, 6.45) is 0. The molecule has 2 saturated heterocycles. The average molecular weight is 464 g/mol. The van der Waals surface area contributed by atoms with Gasteiger partial charge >= 0.3 is 6.03 Å². The number of amides is 5. The van der Waals surface area contributed by atoms with Gasteiger partial charge < -0.3 is 20.4 Å². The highest BCUT2D eigenvalue weighted by Crippen LogP contribution is 2.28. The fourth-order valence-electron chi connectivity index (χ4n) is 4.26. The van der Waals surface area contributed by atoms with Crippen LogP contribution in [0.1, 0.15) is 18.1 Å². The largest absolute Gasteiger partial charge is 0.368 e. The zero-order chi connectivity index (χ0) is 24.3. The first-order chi connectivity index (χ1) is 16.3. The molecule has 2 aromatic carbocycles. The summed E-state index contributed by atoms with van der Waals surface area (Å²) < 4.78 is 0. The summed E-state index contributed by atoms with van der Waals surface area (Å²) in [6.45, 7) is 5.48. The number of carbonyl (C=O) groups is 4. The first-order valence-electron chi connectivity index (χ1n) is 11.3. The summed E-state index contributed by atoms with van der Waals surface area (Å²) >= 11 is 0. The highest BCUT2D eigenvalue weighted by Gasteiger charge is 2.49. The van der Waals surface area contributed by atoms with Crippen LogP contribution in [0.3, 0.4) is 0 Å². The monoisotopic (exact) mass is 463 g/mol. The molecule has 0 aliphatic carbocycles. The van der Waals surface area contributed by atoms with Gasteiger partial charge in [-0.15, -0.1) is 0 Å². The van der Waals surface area contributed by atoms with Gasteiger partial charge in [0.25, 0.3) is 5.91 Å². The van der Waals surface area contributed by atoms with Crippen molar-refractivity contribution in [3.8, 4) is 0 Å². The molecule has 178 valence electrons. The first-order valence-corrected chi connectivity index (χ1v) is 11.3. The second kappa shape index (κ2) is 9.54. The molecule has 2 heterocycles. The van der Waals surface area contributed by atoms with Crippen molar-refractivity contribution >= 4 is 29.4 Å². The summed E-state index contributed by atoms with van der Waals surface area (Å²) in [4.78, 5) is 55.2. The number of benzene rings is 2. The smallest absolute Gasteiger partial charge is 0.325 e. The van der Waals surface area contributed by atoms with Crippen molar-refractivity contribution in [1.82, 2.24) is 20.4 Å². The molecule has 2 aliphatic rings. The Kier molecular flexibility index (Phi) is 6.54. The van der Waals surface area contributed by atoms with Crippen LogP contribution in [0, 0.1) is 6.92 Å². The molecule has 1 unspecified atom stereocenters. The number of nitrogens with zero attached hydrogens (tertiary/aromatic N) is 3. The number of anilines is 1. The van der Waals surface area contributed by atoms with Gasteiger partial charge in [0.15, 0.2) is 0 Å². The normalized spacial score (nSPS) is 20.4. The molecule has 0 radical (unpaired) electrons. The highest BCUT2D eigenvalue weighted by molar-refractivity contribution is 6.09. The topological polar surface area (TPSA) is 102 Å². The molecular weight excluding hydrogens is 434 g/mol. The average Bonchev–Trinajstić information content (AvgIpc) is 3.07. The minimum Gasteiger partial charge on any atom is -0.368 e. The molecule has 0 aromatic heterocycles. The molecule has 34 heavy (non-hydrogen) atoms. The number of hydrogen-bond acceptors (Lipinski definition) is 5. The summed E-state index contributed by atoms with van der Waals surface area (Å²) in [6, 6.07) is 16.7. The van der Waals surface area contributed by atoms with Gasteiger partial charge in [-0.25, -0.2) is 4.79 Å². The van der Waals surface area contributed by atoms with Crippen LogP contribution in [0.15, 0.2) is 54.6 Å². The number of hydrogen-bond donors (Lipinski definition) is 2. The number of aryl methyl sites for hydroxylation is 1. The number of para-hydroxylation sites is 1. The van der Waals surface area contributed by atoms with Gasteiger partial charge in [-0.3, -0.25) is 19.3 Å².